The number of aromatic nitrogens is 2. The average molecular weight is 328 g/mol. The normalized spacial score (nSPS) is 24.3. The fraction of sp³-hybridized carbons (Fsp3) is 0.471. The Morgan fingerprint density at radius 2 is 2.04 bits per heavy atom. The van der Waals surface area contributed by atoms with E-state index < -0.39 is 0 Å². The van der Waals surface area contributed by atoms with Gasteiger partial charge < -0.3 is 9.80 Å². The van der Waals surface area contributed by atoms with Crippen LogP contribution in [0.4, 0.5) is 5.95 Å². The van der Waals surface area contributed by atoms with E-state index in [2.05, 4.69) is 14.9 Å². The maximum Gasteiger partial charge on any atom is 0.254 e. The Morgan fingerprint density at radius 1 is 1.17 bits per heavy atom. The largest absolute Gasteiger partial charge is 0.340 e. The van der Waals surface area contributed by atoms with Crippen molar-refractivity contribution in [2.24, 2.45) is 5.41 Å². The zero-order valence-corrected chi connectivity index (χ0v) is 13.8. The van der Waals surface area contributed by atoms with Crippen LogP contribution in [0, 0.1) is 5.41 Å². The smallest absolute Gasteiger partial charge is 0.254 e. The Kier molecular flexibility index (Phi) is 3.77. The summed E-state index contributed by atoms with van der Waals surface area (Å²) >= 11 is 1.58. The number of likely N-dealkylation sites (tertiary alicyclic amines) is 1. The fourth-order valence-electron chi connectivity index (χ4n) is 3.84. The Labute approximate surface area is 140 Å². The second kappa shape index (κ2) is 5.92. The van der Waals surface area contributed by atoms with Crippen LogP contribution in [-0.2, 0) is 0 Å². The van der Waals surface area contributed by atoms with Crippen LogP contribution in [0.3, 0.4) is 0 Å². The Bertz CT molecular complexity index is 675. The molecular formula is C17H20N4OS. The summed E-state index contributed by atoms with van der Waals surface area (Å²) < 4.78 is 0. The van der Waals surface area contributed by atoms with Crippen LogP contribution >= 0.6 is 11.3 Å². The molecule has 1 amide bonds. The van der Waals surface area contributed by atoms with Gasteiger partial charge >= 0.3 is 0 Å². The summed E-state index contributed by atoms with van der Waals surface area (Å²) in [6.07, 6.45) is 6.99. The van der Waals surface area contributed by atoms with E-state index in [1.54, 1.807) is 23.7 Å². The minimum atomic E-state index is 0.177. The van der Waals surface area contributed by atoms with Crippen LogP contribution in [-0.4, -0.2) is 47.0 Å². The Morgan fingerprint density at radius 3 is 2.83 bits per heavy atom. The van der Waals surface area contributed by atoms with Crippen LogP contribution in [0.15, 0.2) is 35.3 Å². The fourth-order valence-corrected chi connectivity index (χ4v) is 4.47. The van der Waals surface area contributed by atoms with Gasteiger partial charge in [0.2, 0.25) is 5.95 Å². The summed E-state index contributed by atoms with van der Waals surface area (Å²) in [6, 6.07) is 3.77. The molecule has 1 atom stereocenters. The molecule has 0 saturated carbocycles. The molecule has 0 aromatic carbocycles. The summed E-state index contributed by atoms with van der Waals surface area (Å²) in [4.78, 5) is 25.7. The molecule has 2 aliphatic heterocycles. The van der Waals surface area contributed by atoms with Gasteiger partial charge in [0.05, 0.1) is 5.56 Å². The van der Waals surface area contributed by atoms with Crippen molar-refractivity contribution in [1.82, 2.24) is 14.9 Å². The molecule has 0 N–H and O–H groups in total. The van der Waals surface area contributed by atoms with E-state index in [0.717, 1.165) is 50.5 Å². The maximum atomic E-state index is 12.6. The Balaban J connectivity index is 1.48. The van der Waals surface area contributed by atoms with Gasteiger partial charge in [0.25, 0.3) is 5.91 Å². The lowest BCUT2D eigenvalue weighted by atomic mass is 9.79. The molecule has 2 aliphatic rings. The first-order valence-electron chi connectivity index (χ1n) is 8.09. The SMILES string of the molecule is O=C(c1ccsc1)N1CCC2(CCCN(c3ncccn3)C2)C1. The summed E-state index contributed by atoms with van der Waals surface area (Å²) in [6.45, 7) is 3.66. The third-order valence-corrected chi connectivity index (χ3v) is 5.67. The van der Waals surface area contributed by atoms with Crippen molar-refractivity contribution in [1.29, 1.82) is 0 Å². The number of anilines is 1. The second-order valence-corrected chi connectivity index (χ2v) is 7.34. The van der Waals surface area contributed by atoms with E-state index >= 15 is 0 Å². The predicted octanol–water partition coefficient (Wildman–Crippen LogP) is 2.67. The van der Waals surface area contributed by atoms with Crippen molar-refractivity contribution in [3.8, 4) is 0 Å². The van der Waals surface area contributed by atoms with Crippen molar-refractivity contribution in [2.45, 2.75) is 19.3 Å². The first-order chi connectivity index (χ1) is 11.3. The molecule has 1 unspecified atom stereocenters. The number of hydrogen-bond acceptors (Lipinski definition) is 5. The second-order valence-electron chi connectivity index (χ2n) is 6.56. The lowest BCUT2D eigenvalue weighted by Gasteiger charge is -2.40. The van der Waals surface area contributed by atoms with Gasteiger partial charge in [-0.25, -0.2) is 9.97 Å². The number of amides is 1. The van der Waals surface area contributed by atoms with Gasteiger partial charge in [-0.1, -0.05) is 0 Å². The monoisotopic (exact) mass is 328 g/mol. The van der Waals surface area contributed by atoms with Gasteiger partial charge in [0, 0.05) is 49.4 Å². The van der Waals surface area contributed by atoms with E-state index in [0.29, 0.717) is 0 Å². The lowest BCUT2D eigenvalue weighted by molar-refractivity contribution is 0.0768. The third-order valence-electron chi connectivity index (χ3n) is 4.99. The number of carbonyl (C=O) groups is 1. The quantitative estimate of drug-likeness (QED) is 0.850. The van der Waals surface area contributed by atoms with Gasteiger partial charge in [-0.05, 0) is 36.8 Å². The van der Waals surface area contributed by atoms with Crippen molar-refractivity contribution < 1.29 is 4.79 Å². The van der Waals surface area contributed by atoms with Crippen molar-refractivity contribution in [2.75, 3.05) is 31.1 Å². The molecule has 120 valence electrons. The topological polar surface area (TPSA) is 49.3 Å². The van der Waals surface area contributed by atoms with E-state index in [1.165, 1.54) is 6.42 Å². The van der Waals surface area contributed by atoms with E-state index in [1.807, 2.05) is 27.8 Å². The molecule has 6 heteroatoms. The number of carbonyl (C=O) groups excluding carboxylic acids is 1. The summed E-state index contributed by atoms with van der Waals surface area (Å²) in [5.41, 5.74) is 1.02. The third kappa shape index (κ3) is 2.83. The van der Waals surface area contributed by atoms with Gasteiger partial charge in [-0.2, -0.15) is 11.3 Å². The van der Waals surface area contributed by atoms with Crippen molar-refractivity contribution in [3.05, 3.63) is 40.8 Å². The zero-order valence-electron chi connectivity index (χ0n) is 13.0. The summed E-state index contributed by atoms with van der Waals surface area (Å²) in [5.74, 6) is 0.991. The number of thiophene rings is 1. The number of rotatable bonds is 2. The molecule has 0 radical (unpaired) electrons. The molecule has 4 rings (SSSR count). The standard InChI is InChI=1S/C17H20N4OS/c22-15(14-3-10-23-11-14)20-9-5-17(12-20)4-1-8-21(13-17)16-18-6-2-7-19-16/h2-3,6-7,10-11H,1,4-5,8-9,12-13H2. The Hall–Kier alpha value is -1.95. The van der Waals surface area contributed by atoms with Crippen molar-refractivity contribution >= 4 is 23.2 Å². The predicted molar refractivity (Wildman–Crippen MR) is 90.8 cm³/mol. The van der Waals surface area contributed by atoms with E-state index in [-0.39, 0.29) is 11.3 Å². The molecular weight excluding hydrogens is 308 g/mol. The first-order valence-corrected chi connectivity index (χ1v) is 9.04. The molecule has 23 heavy (non-hydrogen) atoms. The van der Waals surface area contributed by atoms with E-state index in [4.69, 9.17) is 0 Å². The molecule has 5 nitrogen and oxygen atoms in total. The highest BCUT2D eigenvalue weighted by molar-refractivity contribution is 7.08. The van der Waals surface area contributed by atoms with Crippen molar-refractivity contribution in [3.63, 3.8) is 0 Å². The molecule has 1 spiro atoms. The number of piperidine rings is 1. The maximum absolute atomic E-state index is 12.6. The minimum absolute atomic E-state index is 0.177. The van der Waals surface area contributed by atoms with Crippen LogP contribution in [0.25, 0.3) is 0 Å². The number of hydrogen-bond donors (Lipinski definition) is 0. The molecule has 4 heterocycles. The highest BCUT2D eigenvalue weighted by atomic mass is 32.1. The van der Waals surface area contributed by atoms with Gasteiger partial charge in [0.1, 0.15) is 0 Å². The molecule has 2 fully saturated rings. The van der Waals surface area contributed by atoms with Crippen LogP contribution in [0.5, 0.6) is 0 Å². The zero-order chi connectivity index (χ0) is 15.7. The summed E-state index contributed by atoms with van der Waals surface area (Å²) in [7, 11) is 0. The van der Waals surface area contributed by atoms with Crippen LogP contribution in [0.1, 0.15) is 29.6 Å². The van der Waals surface area contributed by atoms with E-state index in [9.17, 15) is 4.79 Å². The molecule has 2 aromatic rings. The number of nitrogens with zero attached hydrogens (tertiary/aromatic N) is 4. The highest BCUT2D eigenvalue weighted by Crippen LogP contribution is 2.40. The van der Waals surface area contributed by atoms with Gasteiger partial charge in [-0.15, -0.1) is 0 Å². The first kappa shape index (κ1) is 14.6. The molecule has 0 bridgehead atoms. The van der Waals surface area contributed by atoms with Gasteiger partial charge in [-0.3, -0.25) is 4.79 Å². The highest BCUT2D eigenvalue weighted by Gasteiger charge is 2.43. The lowest BCUT2D eigenvalue weighted by Crippen LogP contribution is -2.46. The van der Waals surface area contributed by atoms with Crippen LogP contribution < -0.4 is 4.90 Å². The molecule has 2 saturated heterocycles. The molecule has 2 aromatic heterocycles. The molecule has 0 aliphatic carbocycles. The van der Waals surface area contributed by atoms with Crippen LogP contribution in [0.2, 0.25) is 0 Å². The minimum Gasteiger partial charge on any atom is -0.340 e. The average Bonchev–Trinajstić information content (AvgIpc) is 3.26. The van der Waals surface area contributed by atoms with Gasteiger partial charge in [0.15, 0.2) is 0 Å². The summed E-state index contributed by atoms with van der Waals surface area (Å²) in [5, 5.41) is 3.91.